The van der Waals surface area contributed by atoms with Crippen LogP contribution in [-0.2, 0) is 17.8 Å². The minimum atomic E-state index is -0.161. The van der Waals surface area contributed by atoms with Crippen molar-refractivity contribution in [1.82, 2.24) is 10.2 Å². The van der Waals surface area contributed by atoms with Crippen LogP contribution in [0.25, 0.3) is 0 Å². The second-order valence-corrected chi connectivity index (χ2v) is 7.50. The van der Waals surface area contributed by atoms with E-state index in [1.807, 2.05) is 12.1 Å². The summed E-state index contributed by atoms with van der Waals surface area (Å²) >= 11 is 0. The molecule has 0 spiro atoms. The third-order valence-electron chi connectivity index (χ3n) is 5.06. The first kappa shape index (κ1) is 21.1. The Hall–Kier alpha value is -2.57. The lowest BCUT2D eigenvalue weighted by Crippen LogP contribution is -2.45. The molecular formula is C23H30N2O4. The zero-order chi connectivity index (χ0) is 20.8. The number of amides is 1. The average Bonchev–Trinajstić information content (AvgIpc) is 2.71. The molecule has 1 aliphatic rings. The fourth-order valence-corrected chi connectivity index (χ4v) is 3.75. The van der Waals surface area contributed by atoms with Crippen LogP contribution in [0.15, 0.2) is 42.5 Å². The lowest BCUT2D eigenvalue weighted by atomic mass is 10.1. The molecule has 2 unspecified atom stereocenters. The molecule has 156 valence electrons. The van der Waals surface area contributed by atoms with E-state index in [2.05, 4.69) is 36.2 Å². The third-order valence-corrected chi connectivity index (χ3v) is 5.06. The number of nitrogens with one attached hydrogen (secondary N) is 1. The van der Waals surface area contributed by atoms with Gasteiger partial charge in [-0.15, -0.1) is 0 Å². The molecule has 0 radical (unpaired) electrons. The minimum Gasteiger partial charge on any atom is -0.497 e. The fourth-order valence-electron chi connectivity index (χ4n) is 3.75. The standard InChI is InChI=1S/C23H30N2O4/c1-16-13-25(14-17(2)29-16)15-19-8-6-5-7-18(19)12-24-23(26)20-9-21(27-3)11-22(10-20)28-4/h5-11,16-17H,12-15H2,1-4H3,(H,24,26). The first-order valence-electron chi connectivity index (χ1n) is 9.94. The topological polar surface area (TPSA) is 60.0 Å². The summed E-state index contributed by atoms with van der Waals surface area (Å²) in [5, 5.41) is 3.02. The van der Waals surface area contributed by atoms with Crippen LogP contribution in [0.1, 0.15) is 35.3 Å². The summed E-state index contributed by atoms with van der Waals surface area (Å²) in [5.74, 6) is 1.02. The maximum absolute atomic E-state index is 12.7. The van der Waals surface area contributed by atoms with Crippen molar-refractivity contribution in [1.29, 1.82) is 0 Å². The van der Waals surface area contributed by atoms with Gasteiger partial charge in [0.1, 0.15) is 11.5 Å². The number of carbonyl (C=O) groups is 1. The fraction of sp³-hybridized carbons (Fsp3) is 0.435. The summed E-state index contributed by atoms with van der Waals surface area (Å²) in [7, 11) is 3.14. The van der Waals surface area contributed by atoms with Crippen molar-refractivity contribution in [2.75, 3.05) is 27.3 Å². The predicted molar refractivity (Wildman–Crippen MR) is 112 cm³/mol. The Balaban J connectivity index is 1.67. The number of nitrogens with zero attached hydrogens (tertiary/aromatic N) is 1. The Morgan fingerprint density at radius 1 is 1.03 bits per heavy atom. The van der Waals surface area contributed by atoms with Gasteiger partial charge in [-0.1, -0.05) is 24.3 Å². The van der Waals surface area contributed by atoms with Crippen LogP contribution in [0.5, 0.6) is 11.5 Å². The molecule has 0 bridgehead atoms. The van der Waals surface area contributed by atoms with Gasteiger partial charge in [0.15, 0.2) is 0 Å². The number of methoxy groups -OCH3 is 2. The first-order valence-corrected chi connectivity index (χ1v) is 9.94. The lowest BCUT2D eigenvalue weighted by Gasteiger charge is -2.35. The van der Waals surface area contributed by atoms with Crippen LogP contribution in [0.4, 0.5) is 0 Å². The van der Waals surface area contributed by atoms with Crippen LogP contribution in [0.3, 0.4) is 0 Å². The zero-order valence-corrected chi connectivity index (χ0v) is 17.6. The molecular weight excluding hydrogens is 368 g/mol. The summed E-state index contributed by atoms with van der Waals surface area (Å²) in [6.07, 6.45) is 0.460. The van der Waals surface area contributed by atoms with Crippen LogP contribution >= 0.6 is 0 Å². The summed E-state index contributed by atoms with van der Waals surface area (Å²) < 4.78 is 16.3. The Bertz CT molecular complexity index is 807. The van der Waals surface area contributed by atoms with Gasteiger partial charge in [0, 0.05) is 37.8 Å². The van der Waals surface area contributed by atoms with Gasteiger partial charge < -0.3 is 19.5 Å². The molecule has 1 amide bonds. The van der Waals surface area contributed by atoms with Gasteiger partial charge in [0.2, 0.25) is 0 Å². The number of ether oxygens (including phenoxy) is 3. The highest BCUT2D eigenvalue weighted by Crippen LogP contribution is 2.23. The normalized spacial score (nSPS) is 19.6. The lowest BCUT2D eigenvalue weighted by molar-refractivity contribution is -0.0705. The van der Waals surface area contributed by atoms with Crippen molar-refractivity contribution < 1.29 is 19.0 Å². The van der Waals surface area contributed by atoms with Crippen LogP contribution in [0.2, 0.25) is 0 Å². The molecule has 2 aromatic rings. The van der Waals surface area contributed by atoms with E-state index in [0.717, 1.165) is 25.2 Å². The highest BCUT2D eigenvalue weighted by molar-refractivity contribution is 5.95. The second kappa shape index (κ2) is 9.76. The molecule has 1 N–H and O–H groups in total. The zero-order valence-electron chi connectivity index (χ0n) is 17.6. The van der Waals surface area contributed by atoms with Gasteiger partial charge in [0.25, 0.3) is 5.91 Å². The molecule has 0 aliphatic carbocycles. The number of hydrogen-bond donors (Lipinski definition) is 1. The highest BCUT2D eigenvalue weighted by atomic mass is 16.5. The maximum Gasteiger partial charge on any atom is 0.251 e. The SMILES string of the molecule is COc1cc(OC)cc(C(=O)NCc2ccccc2CN2CC(C)OC(C)C2)c1. The Morgan fingerprint density at radius 2 is 1.62 bits per heavy atom. The average molecular weight is 399 g/mol. The van der Waals surface area contributed by atoms with Gasteiger partial charge >= 0.3 is 0 Å². The van der Waals surface area contributed by atoms with Crippen LogP contribution in [0, 0.1) is 0 Å². The van der Waals surface area contributed by atoms with Crippen molar-refractivity contribution in [2.24, 2.45) is 0 Å². The number of benzene rings is 2. The van der Waals surface area contributed by atoms with Crippen molar-refractivity contribution in [3.63, 3.8) is 0 Å². The van der Waals surface area contributed by atoms with Gasteiger partial charge in [-0.3, -0.25) is 9.69 Å². The molecule has 1 heterocycles. The monoisotopic (exact) mass is 398 g/mol. The molecule has 1 fully saturated rings. The van der Waals surface area contributed by atoms with Crippen molar-refractivity contribution >= 4 is 5.91 Å². The predicted octanol–water partition coefficient (Wildman–Crippen LogP) is 3.24. The Labute approximate surface area is 172 Å². The smallest absolute Gasteiger partial charge is 0.251 e. The summed E-state index contributed by atoms with van der Waals surface area (Å²) in [6.45, 7) is 7.35. The van der Waals surface area contributed by atoms with E-state index >= 15 is 0 Å². The van der Waals surface area contributed by atoms with Gasteiger partial charge in [-0.05, 0) is 37.1 Å². The molecule has 0 aromatic heterocycles. The summed E-state index contributed by atoms with van der Waals surface area (Å²) in [5.41, 5.74) is 2.84. The summed E-state index contributed by atoms with van der Waals surface area (Å²) in [4.78, 5) is 15.1. The van der Waals surface area contributed by atoms with Gasteiger partial charge in [0.05, 0.1) is 26.4 Å². The molecule has 29 heavy (non-hydrogen) atoms. The number of carbonyl (C=O) groups excluding carboxylic acids is 1. The quantitative estimate of drug-likeness (QED) is 0.776. The molecule has 2 aromatic carbocycles. The van der Waals surface area contributed by atoms with E-state index < -0.39 is 0 Å². The maximum atomic E-state index is 12.7. The highest BCUT2D eigenvalue weighted by Gasteiger charge is 2.22. The molecule has 6 nitrogen and oxygen atoms in total. The Morgan fingerprint density at radius 3 is 2.21 bits per heavy atom. The third kappa shape index (κ3) is 5.71. The van der Waals surface area contributed by atoms with E-state index in [4.69, 9.17) is 14.2 Å². The number of rotatable bonds is 7. The Kier molecular flexibility index (Phi) is 7.12. The second-order valence-electron chi connectivity index (χ2n) is 7.50. The number of hydrogen-bond acceptors (Lipinski definition) is 5. The van der Waals surface area contributed by atoms with Crippen molar-refractivity contribution in [2.45, 2.75) is 39.1 Å². The van der Waals surface area contributed by atoms with Crippen molar-refractivity contribution in [3.05, 3.63) is 59.2 Å². The van der Waals surface area contributed by atoms with E-state index in [1.165, 1.54) is 5.56 Å². The molecule has 2 atom stereocenters. The van der Waals surface area contributed by atoms with Gasteiger partial charge in [-0.2, -0.15) is 0 Å². The summed E-state index contributed by atoms with van der Waals surface area (Å²) in [6, 6.07) is 13.4. The minimum absolute atomic E-state index is 0.161. The molecule has 6 heteroatoms. The molecule has 0 saturated carbocycles. The van der Waals surface area contributed by atoms with E-state index in [9.17, 15) is 4.79 Å². The number of morpholine rings is 1. The van der Waals surface area contributed by atoms with E-state index in [1.54, 1.807) is 32.4 Å². The van der Waals surface area contributed by atoms with Crippen LogP contribution in [-0.4, -0.2) is 50.3 Å². The van der Waals surface area contributed by atoms with Crippen molar-refractivity contribution in [3.8, 4) is 11.5 Å². The first-order chi connectivity index (χ1) is 14.0. The van der Waals surface area contributed by atoms with E-state index in [0.29, 0.717) is 23.6 Å². The van der Waals surface area contributed by atoms with Crippen LogP contribution < -0.4 is 14.8 Å². The largest absolute Gasteiger partial charge is 0.497 e. The molecule has 1 saturated heterocycles. The van der Waals surface area contributed by atoms with Gasteiger partial charge in [-0.25, -0.2) is 0 Å². The molecule has 3 rings (SSSR count). The van der Waals surface area contributed by atoms with E-state index in [-0.39, 0.29) is 18.1 Å². The molecule has 1 aliphatic heterocycles.